The van der Waals surface area contributed by atoms with Crippen LogP contribution in [0.15, 0.2) is 0 Å². The van der Waals surface area contributed by atoms with Gasteiger partial charge in [0.15, 0.2) is 5.75 Å². The Labute approximate surface area is 85.9 Å². The maximum atomic E-state index is 11.2. The van der Waals surface area contributed by atoms with E-state index in [9.17, 15) is 18.0 Å². The molecular weight excluding hydrogens is 226 g/mol. The van der Waals surface area contributed by atoms with E-state index in [-0.39, 0.29) is 0 Å². The zero-order valence-corrected chi connectivity index (χ0v) is 8.40. The van der Waals surface area contributed by atoms with Gasteiger partial charge in [-0.25, -0.2) is 8.42 Å². The fraction of sp³-hybridized carbons (Fsp3) is 0.500. The molecule has 0 bridgehead atoms. The number of rotatable bonds is 6. The van der Waals surface area contributed by atoms with Crippen molar-refractivity contribution in [2.45, 2.75) is 0 Å². The van der Waals surface area contributed by atoms with Crippen molar-refractivity contribution in [3.63, 3.8) is 0 Å². The first-order valence-corrected chi connectivity index (χ1v) is 5.25. The van der Waals surface area contributed by atoms with Gasteiger partial charge < -0.3 is 10.8 Å². The number of amides is 1. The molecule has 0 atom stereocenters. The molecule has 0 aliphatic carbocycles. The molecule has 1 amide bonds. The van der Waals surface area contributed by atoms with Gasteiger partial charge in [0.05, 0.1) is 12.6 Å². The molecule has 0 aromatic rings. The van der Waals surface area contributed by atoms with Crippen LogP contribution >= 0.6 is 0 Å². The van der Waals surface area contributed by atoms with Crippen molar-refractivity contribution in [3.8, 4) is 6.07 Å². The number of aliphatic carboxylic acids is 1. The summed E-state index contributed by atoms with van der Waals surface area (Å²) in [6, 6.07) is 1.36. The van der Waals surface area contributed by atoms with E-state index >= 15 is 0 Å². The highest BCUT2D eigenvalue weighted by atomic mass is 32.2. The number of carbonyl (C=O) groups excluding carboxylic acids is 1. The second kappa shape index (κ2) is 5.28. The van der Waals surface area contributed by atoms with Crippen molar-refractivity contribution in [1.29, 1.82) is 5.26 Å². The first-order chi connectivity index (χ1) is 6.79. The molecule has 0 saturated heterocycles. The smallest absolute Gasteiger partial charge is 0.318 e. The van der Waals surface area contributed by atoms with E-state index < -0.39 is 40.7 Å². The van der Waals surface area contributed by atoms with Crippen molar-refractivity contribution in [1.82, 2.24) is 4.31 Å². The van der Waals surface area contributed by atoms with Crippen LogP contribution < -0.4 is 5.73 Å². The summed E-state index contributed by atoms with van der Waals surface area (Å²) < 4.78 is 22.8. The van der Waals surface area contributed by atoms with E-state index in [1.165, 1.54) is 6.07 Å². The van der Waals surface area contributed by atoms with Gasteiger partial charge in [-0.1, -0.05) is 0 Å². The molecule has 8 nitrogen and oxygen atoms in total. The SMILES string of the molecule is N#CCS(=O)(=O)N(CC(N)=O)CC(=O)O. The van der Waals surface area contributed by atoms with Crippen molar-refractivity contribution in [3.05, 3.63) is 0 Å². The number of hydrogen-bond donors (Lipinski definition) is 2. The minimum Gasteiger partial charge on any atom is -0.480 e. The number of nitrogens with two attached hydrogens (primary N) is 1. The summed E-state index contributed by atoms with van der Waals surface area (Å²) >= 11 is 0. The molecule has 0 spiro atoms. The largest absolute Gasteiger partial charge is 0.480 e. The average Bonchev–Trinajstić information content (AvgIpc) is 2.00. The molecule has 0 heterocycles. The molecule has 0 aliphatic heterocycles. The van der Waals surface area contributed by atoms with Gasteiger partial charge >= 0.3 is 5.97 Å². The van der Waals surface area contributed by atoms with Gasteiger partial charge in [-0.15, -0.1) is 0 Å². The lowest BCUT2D eigenvalue weighted by Gasteiger charge is -2.16. The molecule has 3 N–H and O–H groups in total. The standard InChI is InChI=1S/C6H9N3O5S/c7-1-2-15(13,14)9(3-5(8)10)4-6(11)12/h2-4H2,(H2,8,10)(H,11,12). The van der Waals surface area contributed by atoms with Gasteiger partial charge in [0.2, 0.25) is 15.9 Å². The number of hydrogen-bond acceptors (Lipinski definition) is 5. The third kappa shape index (κ3) is 4.94. The van der Waals surface area contributed by atoms with Crippen LogP contribution in [-0.4, -0.2) is 48.5 Å². The first kappa shape index (κ1) is 13.3. The Morgan fingerprint density at radius 2 is 1.93 bits per heavy atom. The van der Waals surface area contributed by atoms with Gasteiger partial charge in [0, 0.05) is 0 Å². The third-order valence-corrected chi connectivity index (χ3v) is 2.82. The average molecular weight is 235 g/mol. The molecular formula is C6H9N3O5S. The number of primary amides is 1. The molecule has 0 fully saturated rings. The lowest BCUT2D eigenvalue weighted by atomic mass is 10.5. The van der Waals surface area contributed by atoms with Crippen LogP contribution in [-0.2, 0) is 19.6 Å². The molecule has 0 aromatic heterocycles. The summed E-state index contributed by atoms with van der Waals surface area (Å²) in [5.74, 6) is -3.32. The molecule has 9 heteroatoms. The topological polar surface area (TPSA) is 142 Å². The van der Waals surface area contributed by atoms with Crippen molar-refractivity contribution >= 4 is 21.9 Å². The Morgan fingerprint density at radius 1 is 1.40 bits per heavy atom. The highest BCUT2D eigenvalue weighted by molar-refractivity contribution is 7.89. The lowest BCUT2D eigenvalue weighted by Crippen LogP contribution is -2.42. The summed E-state index contributed by atoms with van der Waals surface area (Å²) in [7, 11) is -4.07. The maximum Gasteiger partial charge on any atom is 0.318 e. The van der Waals surface area contributed by atoms with Crippen LogP contribution in [0.1, 0.15) is 0 Å². The number of nitriles is 1. The van der Waals surface area contributed by atoms with Crippen molar-refractivity contribution < 1.29 is 23.1 Å². The molecule has 0 aromatic carbocycles. The van der Waals surface area contributed by atoms with E-state index in [2.05, 4.69) is 0 Å². The van der Waals surface area contributed by atoms with Crippen LogP contribution in [0, 0.1) is 11.3 Å². The van der Waals surface area contributed by atoms with E-state index in [4.69, 9.17) is 16.1 Å². The molecule has 0 unspecified atom stereocenters. The molecule has 0 saturated carbocycles. The van der Waals surface area contributed by atoms with Crippen molar-refractivity contribution in [2.24, 2.45) is 5.73 Å². The highest BCUT2D eigenvalue weighted by Crippen LogP contribution is 2.00. The second-order valence-corrected chi connectivity index (χ2v) is 4.51. The zero-order chi connectivity index (χ0) is 12.1. The molecule has 0 radical (unpaired) electrons. The Balaban J connectivity index is 4.86. The number of carbonyl (C=O) groups is 2. The van der Waals surface area contributed by atoms with Crippen LogP contribution in [0.4, 0.5) is 0 Å². The van der Waals surface area contributed by atoms with E-state index in [1.807, 2.05) is 0 Å². The Hall–Kier alpha value is -1.66. The number of carboxylic acids is 1. The zero-order valence-electron chi connectivity index (χ0n) is 7.58. The molecule has 0 rings (SSSR count). The van der Waals surface area contributed by atoms with E-state index in [0.717, 1.165) is 0 Å². The number of sulfonamides is 1. The van der Waals surface area contributed by atoms with E-state index in [0.29, 0.717) is 4.31 Å². The summed E-state index contributed by atoms with van der Waals surface area (Å²) in [5.41, 5.74) is 4.74. The normalized spacial score (nSPS) is 10.9. The second-order valence-electron chi connectivity index (χ2n) is 2.54. The van der Waals surface area contributed by atoms with Gasteiger partial charge in [0.1, 0.15) is 6.54 Å². The van der Waals surface area contributed by atoms with Gasteiger partial charge in [-0.05, 0) is 0 Å². The van der Waals surface area contributed by atoms with Crippen LogP contribution in [0.5, 0.6) is 0 Å². The van der Waals surface area contributed by atoms with Gasteiger partial charge in [-0.3, -0.25) is 9.59 Å². The minimum absolute atomic E-state index is 0.348. The Kier molecular flexibility index (Phi) is 4.69. The summed E-state index contributed by atoms with van der Waals surface area (Å²) in [6.45, 7) is -1.65. The van der Waals surface area contributed by atoms with E-state index in [1.54, 1.807) is 0 Å². The quantitative estimate of drug-likeness (QED) is 0.530. The summed E-state index contributed by atoms with van der Waals surface area (Å²) in [4.78, 5) is 20.8. The van der Waals surface area contributed by atoms with Crippen LogP contribution in [0.3, 0.4) is 0 Å². The highest BCUT2D eigenvalue weighted by Gasteiger charge is 2.25. The minimum atomic E-state index is -4.07. The Morgan fingerprint density at radius 3 is 2.27 bits per heavy atom. The summed E-state index contributed by atoms with van der Waals surface area (Å²) in [5, 5.41) is 16.6. The third-order valence-electron chi connectivity index (χ3n) is 1.28. The lowest BCUT2D eigenvalue weighted by molar-refractivity contribution is -0.137. The molecule has 15 heavy (non-hydrogen) atoms. The van der Waals surface area contributed by atoms with Gasteiger partial charge in [0.25, 0.3) is 0 Å². The number of carboxylic acid groups (broad SMARTS) is 1. The first-order valence-electron chi connectivity index (χ1n) is 3.64. The number of nitrogens with zero attached hydrogens (tertiary/aromatic N) is 2. The maximum absolute atomic E-state index is 11.2. The van der Waals surface area contributed by atoms with Gasteiger partial charge in [-0.2, -0.15) is 9.57 Å². The predicted molar refractivity (Wildman–Crippen MR) is 47.8 cm³/mol. The van der Waals surface area contributed by atoms with Crippen LogP contribution in [0.25, 0.3) is 0 Å². The monoisotopic (exact) mass is 235 g/mol. The van der Waals surface area contributed by atoms with Crippen molar-refractivity contribution in [2.75, 3.05) is 18.8 Å². The van der Waals surface area contributed by atoms with Crippen LogP contribution in [0.2, 0.25) is 0 Å². The predicted octanol–water partition coefficient (Wildman–Crippen LogP) is -2.29. The summed E-state index contributed by atoms with van der Waals surface area (Å²) in [6.07, 6.45) is 0. The molecule has 0 aliphatic rings. The Bertz CT molecular complexity index is 379. The molecule has 84 valence electrons. The fourth-order valence-corrected chi connectivity index (χ4v) is 1.73. The fourth-order valence-electron chi connectivity index (χ4n) is 0.750.